The van der Waals surface area contributed by atoms with Gasteiger partial charge in [0.2, 0.25) is 0 Å². The first-order valence-corrected chi connectivity index (χ1v) is 4.80. The van der Waals surface area contributed by atoms with Gasteiger partial charge in [-0.05, 0) is 11.6 Å². The molecule has 0 fully saturated rings. The third-order valence-corrected chi connectivity index (χ3v) is 2.32. The topological polar surface area (TPSA) is 12.0 Å². The summed E-state index contributed by atoms with van der Waals surface area (Å²) in [6.07, 6.45) is 0. The Morgan fingerprint density at radius 3 is 2.14 bits per heavy atom. The van der Waals surface area contributed by atoms with E-state index in [-0.39, 0.29) is 0 Å². The molecule has 0 radical (unpaired) electrons. The Balaban J connectivity index is 2.51. The summed E-state index contributed by atoms with van der Waals surface area (Å²) in [5, 5.41) is 0. The lowest BCUT2D eigenvalue weighted by atomic mass is 10.0. The highest BCUT2D eigenvalue weighted by atomic mass is 35.5. The summed E-state index contributed by atoms with van der Waals surface area (Å²) in [7, 11) is 0. The van der Waals surface area contributed by atoms with Gasteiger partial charge in [0.15, 0.2) is 0 Å². The van der Waals surface area contributed by atoms with Crippen molar-refractivity contribution < 1.29 is 0 Å². The molecule has 0 saturated carbocycles. The Bertz CT molecular complexity index is 412. The summed E-state index contributed by atoms with van der Waals surface area (Å²) < 4.78 is 0. The smallest absolute Gasteiger partial charge is 0.0570 e. The van der Waals surface area contributed by atoms with Crippen LogP contribution in [0.5, 0.6) is 0 Å². The second-order valence-corrected chi connectivity index (χ2v) is 3.20. The molecule has 0 bridgehead atoms. The molecule has 0 heterocycles. The van der Waals surface area contributed by atoms with Crippen molar-refractivity contribution >= 4 is 17.5 Å². The van der Waals surface area contributed by atoms with Crippen LogP contribution in [0.4, 0.5) is 5.69 Å². The van der Waals surface area contributed by atoms with E-state index in [1.54, 1.807) is 0 Å². The summed E-state index contributed by atoms with van der Waals surface area (Å²) in [4.78, 5) is 2.67. The van der Waals surface area contributed by atoms with Crippen molar-refractivity contribution in [3.8, 4) is 11.1 Å². The molecular formula is C12H10ClN. The highest BCUT2D eigenvalue weighted by Gasteiger charge is 2.01. The van der Waals surface area contributed by atoms with Gasteiger partial charge in [-0.15, -0.1) is 0 Å². The predicted molar refractivity (Wildman–Crippen MR) is 61.4 cm³/mol. The van der Waals surface area contributed by atoms with Crippen LogP contribution in [-0.2, 0) is 0 Å². The average molecular weight is 204 g/mol. The zero-order valence-corrected chi connectivity index (χ0v) is 8.33. The Hall–Kier alpha value is -1.47. The minimum absolute atomic E-state index is 0.931. The van der Waals surface area contributed by atoms with E-state index in [4.69, 9.17) is 11.8 Å². The molecule has 2 aromatic carbocycles. The molecule has 70 valence electrons. The number of benzene rings is 2. The fraction of sp³-hybridized carbons (Fsp3) is 0. The molecule has 0 saturated heterocycles. The number of nitrogens with one attached hydrogen (secondary N) is 1. The summed E-state index contributed by atoms with van der Waals surface area (Å²) >= 11 is 5.63. The molecule has 2 aromatic rings. The Morgan fingerprint density at radius 1 is 0.786 bits per heavy atom. The molecule has 0 unspecified atom stereocenters. The van der Waals surface area contributed by atoms with Crippen LogP contribution < -0.4 is 4.84 Å². The minimum Gasteiger partial charge on any atom is -0.298 e. The van der Waals surface area contributed by atoms with Crippen LogP contribution >= 0.6 is 11.8 Å². The quantitative estimate of drug-likeness (QED) is 0.730. The van der Waals surface area contributed by atoms with Gasteiger partial charge in [-0.3, -0.25) is 4.84 Å². The monoisotopic (exact) mass is 203 g/mol. The Kier molecular flexibility index (Phi) is 2.70. The second-order valence-electron chi connectivity index (χ2n) is 3.01. The van der Waals surface area contributed by atoms with Gasteiger partial charge in [0, 0.05) is 17.3 Å². The third-order valence-electron chi connectivity index (χ3n) is 2.11. The zero-order chi connectivity index (χ0) is 9.80. The SMILES string of the molecule is ClNc1ccccc1-c1ccccc1. The normalized spacial score (nSPS) is 9.79. The van der Waals surface area contributed by atoms with Crippen molar-refractivity contribution in [2.75, 3.05) is 4.84 Å². The van der Waals surface area contributed by atoms with E-state index in [2.05, 4.69) is 17.0 Å². The number of para-hydroxylation sites is 1. The number of hydrogen-bond acceptors (Lipinski definition) is 1. The van der Waals surface area contributed by atoms with Crippen LogP contribution in [0.2, 0.25) is 0 Å². The van der Waals surface area contributed by atoms with E-state index >= 15 is 0 Å². The lowest BCUT2D eigenvalue weighted by Gasteiger charge is -2.06. The molecule has 0 atom stereocenters. The van der Waals surface area contributed by atoms with Crippen molar-refractivity contribution in [3.05, 3.63) is 54.6 Å². The van der Waals surface area contributed by atoms with E-state index in [1.807, 2.05) is 42.5 Å². The van der Waals surface area contributed by atoms with Gasteiger partial charge in [0.05, 0.1) is 5.69 Å². The summed E-state index contributed by atoms with van der Waals surface area (Å²) in [5.74, 6) is 0. The van der Waals surface area contributed by atoms with Gasteiger partial charge >= 0.3 is 0 Å². The van der Waals surface area contributed by atoms with Crippen molar-refractivity contribution in [1.29, 1.82) is 0 Å². The van der Waals surface area contributed by atoms with E-state index in [0.29, 0.717) is 0 Å². The summed E-state index contributed by atoms with van der Waals surface area (Å²) in [6.45, 7) is 0. The van der Waals surface area contributed by atoms with E-state index in [1.165, 1.54) is 0 Å². The van der Waals surface area contributed by atoms with Crippen LogP contribution in [0.25, 0.3) is 11.1 Å². The zero-order valence-electron chi connectivity index (χ0n) is 7.57. The average Bonchev–Trinajstić information content (AvgIpc) is 2.30. The predicted octanol–water partition coefficient (Wildman–Crippen LogP) is 3.92. The van der Waals surface area contributed by atoms with E-state index in [9.17, 15) is 0 Å². The summed E-state index contributed by atoms with van der Waals surface area (Å²) in [5.41, 5.74) is 3.21. The standard InChI is InChI=1S/C12H10ClN/c13-14-12-9-5-4-8-11(12)10-6-2-1-3-7-10/h1-9,14H. The first kappa shape index (κ1) is 9.10. The fourth-order valence-electron chi connectivity index (χ4n) is 1.43. The maximum Gasteiger partial charge on any atom is 0.0570 e. The van der Waals surface area contributed by atoms with Gasteiger partial charge in [-0.1, -0.05) is 48.5 Å². The molecule has 0 aliphatic rings. The molecule has 1 nitrogen and oxygen atoms in total. The highest BCUT2D eigenvalue weighted by molar-refractivity contribution is 6.24. The van der Waals surface area contributed by atoms with Crippen molar-refractivity contribution in [2.45, 2.75) is 0 Å². The van der Waals surface area contributed by atoms with Crippen LogP contribution in [-0.4, -0.2) is 0 Å². The van der Waals surface area contributed by atoms with Gasteiger partial charge in [-0.25, -0.2) is 0 Å². The van der Waals surface area contributed by atoms with Gasteiger partial charge < -0.3 is 0 Å². The first-order valence-electron chi connectivity index (χ1n) is 4.43. The number of rotatable bonds is 2. The van der Waals surface area contributed by atoms with Crippen LogP contribution in [0.1, 0.15) is 0 Å². The molecule has 0 aromatic heterocycles. The minimum atomic E-state index is 0.931. The van der Waals surface area contributed by atoms with Gasteiger partial charge in [0.1, 0.15) is 0 Å². The molecule has 0 aliphatic carbocycles. The third kappa shape index (κ3) is 1.73. The van der Waals surface area contributed by atoms with Crippen molar-refractivity contribution in [3.63, 3.8) is 0 Å². The molecule has 2 heteroatoms. The number of hydrogen-bond donors (Lipinski definition) is 1. The van der Waals surface area contributed by atoms with E-state index in [0.717, 1.165) is 16.8 Å². The first-order chi connectivity index (χ1) is 6.92. The van der Waals surface area contributed by atoms with Crippen LogP contribution in [0, 0.1) is 0 Å². The Labute approximate surface area is 88.5 Å². The highest BCUT2D eigenvalue weighted by Crippen LogP contribution is 2.27. The van der Waals surface area contributed by atoms with E-state index < -0.39 is 0 Å². The van der Waals surface area contributed by atoms with Gasteiger partial charge in [0.25, 0.3) is 0 Å². The largest absolute Gasteiger partial charge is 0.298 e. The molecular weight excluding hydrogens is 194 g/mol. The Morgan fingerprint density at radius 2 is 1.43 bits per heavy atom. The number of anilines is 1. The van der Waals surface area contributed by atoms with Gasteiger partial charge in [-0.2, -0.15) is 0 Å². The molecule has 2 rings (SSSR count). The molecule has 14 heavy (non-hydrogen) atoms. The summed E-state index contributed by atoms with van der Waals surface area (Å²) in [6, 6.07) is 18.1. The van der Waals surface area contributed by atoms with Crippen LogP contribution in [0.15, 0.2) is 54.6 Å². The van der Waals surface area contributed by atoms with Crippen molar-refractivity contribution in [2.24, 2.45) is 0 Å². The molecule has 1 N–H and O–H groups in total. The maximum absolute atomic E-state index is 5.63. The number of halogens is 1. The van der Waals surface area contributed by atoms with Crippen LogP contribution in [0.3, 0.4) is 0 Å². The lowest BCUT2D eigenvalue weighted by Crippen LogP contribution is -1.85. The fourth-order valence-corrected chi connectivity index (χ4v) is 1.60. The molecule has 0 spiro atoms. The molecule has 0 amide bonds. The second kappa shape index (κ2) is 4.16. The lowest BCUT2D eigenvalue weighted by molar-refractivity contribution is 1.61. The molecule has 0 aliphatic heterocycles. The van der Waals surface area contributed by atoms with Crippen molar-refractivity contribution in [1.82, 2.24) is 0 Å². The maximum atomic E-state index is 5.63.